The van der Waals surface area contributed by atoms with Gasteiger partial charge in [-0.3, -0.25) is 10.1 Å². The highest BCUT2D eigenvalue weighted by molar-refractivity contribution is 5.81. The van der Waals surface area contributed by atoms with E-state index >= 15 is 0 Å². The minimum Gasteiger partial charge on any atom is -0.318 e. The van der Waals surface area contributed by atoms with Gasteiger partial charge in [-0.2, -0.15) is 0 Å². The van der Waals surface area contributed by atoms with Crippen LogP contribution in [0.5, 0.6) is 0 Å². The Labute approximate surface area is 120 Å². The number of benzene rings is 1. The van der Waals surface area contributed by atoms with Gasteiger partial charge < -0.3 is 9.80 Å². The van der Waals surface area contributed by atoms with Gasteiger partial charge in [-0.1, -0.05) is 29.8 Å². The lowest BCUT2D eigenvalue weighted by Gasteiger charge is -2.38. The third-order valence-electron chi connectivity index (χ3n) is 4.40. The Kier molecular flexibility index (Phi) is 3.76. The maximum absolute atomic E-state index is 12.3. The largest absolute Gasteiger partial charge is 0.318 e. The van der Waals surface area contributed by atoms with Gasteiger partial charge in [-0.25, -0.2) is 0 Å². The van der Waals surface area contributed by atoms with E-state index in [4.69, 9.17) is 0 Å². The zero-order valence-corrected chi connectivity index (χ0v) is 12.3. The fraction of sp³-hybridized carbons (Fsp3) is 0.562. The van der Waals surface area contributed by atoms with E-state index in [2.05, 4.69) is 53.4 Å². The van der Waals surface area contributed by atoms with E-state index < -0.39 is 0 Å². The van der Waals surface area contributed by atoms with E-state index in [9.17, 15) is 4.79 Å². The van der Waals surface area contributed by atoms with Crippen LogP contribution in [0.25, 0.3) is 0 Å². The number of amides is 1. The molecule has 4 heteroatoms. The van der Waals surface area contributed by atoms with Gasteiger partial charge in [-0.05, 0) is 38.9 Å². The van der Waals surface area contributed by atoms with Crippen LogP contribution in [0.2, 0.25) is 0 Å². The molecule has 1 N–H and O–H groups in total. The molecule has 0 aliphatic carbocycles. The number of aryl methyl sites for hydroxylation is 1. The number of likely N-dealkylation sites (N-methyl/N-ethyl adjacent to an activating group) is 1. The summed E-state index contributed by atoms with van der Waals surface area (Å²) in [6.07, 6.45) is 2.32. The minimum absolute atomic E-state index is 0.0413. The molecule has 0 spiro atoms. The molecule has 1 aromatic carbocycles. The van der Waals surface area contributed by atoms with Gasteiger partial charge in [0.2, 0.25) is 5.91 Å². The Morgan fingerprint density at radius 3 is 2.70 bits per heavy atom. The van der Waals surface area contributed by atoms with E-state index in [-0.39, 0.29) is 12.1 Å². The van der Waals surface area contributed by atoms with Crippen LogP contribution in [0.15, 0.2) is 24.3 Å². The first-order valence-corrected chi connectivity index (χ1v) is 7.45. The summed E-state index contributed by atoms with van der Waals surface area (Å²) in [5, 5.41) is 3.36. The van der Waals surface area contributed by atoms with Gasteiger partial charge in [0.15, 0.2) is 0 Å². The van der Waals surface area contributed by atoms with Crippen molar-refractivity contribution in [2.45, 2.75) is 32.0 Å². The second-order valence-electron chi connectivity index (χ2n) is 6.05. The number of carbonyl (C=O) groups is 1. The standard InChI is InChI=1S/C16H23N3O/c1-12-5-7-13(8-6-12)16-17-10-15(20)19(16)14-4-3-9-18(2)11-14/h5-8,14,16-17H,3-4,9-11H2,1-2H3. The molecule has 2 heterocycles. The van der Waals surface area contributed by atoms with Crippen molar-refractivity contribution in [3.05, 3.63) is 35.4 Å². The summed E-state index contributed by atoms with van der Waals surface area (Å²) in [5.74, 6) is 0.232. The van der Waals surface area contributed by atoms with E-state index in [1.54, 1.807) is 0 Å². The third-order valence-corrected chi connectivity index (χ3v) is 4.40. The molecule has 2 atom stereocenters. The van der Waals surface area contributed by atoms with Gasteiger partial charge >= 0.3 is 0 Å². The smallest absolute Gasteiger partial charge is 0.238 e. The number of piperidine rings is 1. The number of rotatable bonds is 2. The summed E-state index contributed by atoms with van der Waals surface area (Å²) in [5.41, 5.74) is 2.44. The van der Waals surface area contributed by atoms with Crippen LogP contribution in [0.3, 0.4) is 0 Å². The lowest BCUT2D eigenvalue weighted by Crippen LogP contribution is -2.48. The van der Waals surface area contributed by atoms with Crippen LogP contribution >= 0.6 is 0 Å². The molecule has 4 nitrogen and oxygen atoms in total. The van der Waals surface area contributed by atoms with Crippen molar-refractivity contribution >= 4 is 5.91 Å². The van der Waals surface area contributed by atoms with E-state index in [0.717, 1.165) is 19.5 Å². The predicted molar refractivity (Wildman–Crippen MR) is 79.3 cm³/mol. The molecule has 1 amide bonds. The monoisotopic (exact) mass is 273 g/mol. The Morgan fingerprint density at radius 1 is 1.25 bits per heavy atom. The van der Waals surface area contributed by atoms with Gasteiger partial charge in [0, 0.05) is 12.6 Å². The van der Waals surface area contributed by atoms with Crippen LogP contribution in [-0.4, -0.2) is 48.4 Å². The molecule has 2 unspecified atom stereocenters. The van der Waals surface area contributed by atoms with Crippen molar-refractivity contribution in [3.8, 4) is 0 Å². The van der Waals surface area contributed by atoms with Crippen molar-refractivity contribution in [1.29, 1.82) is 0 Å². The Balaban J connectivity index is 1.82. The van der Waals surface area contributed by atoms with Crippen LogP contribution in [0.4, 0.5) is 0 Å². The molecule has 3 rings (SSSR count). The molecule has 20 heavy (non-hydrogen) atoms. The van der Waals surface area contributed by atoms with Gasteiger partial charge in [0.05, 0.1) is 6.54 Å². The number of nitrogens with zero attached hydrogens (tertiary/aromatic N) is 2. The predicted octanol–water partition coefficient (Wildman–Crippen LogP) is 1.52. The van der Waals surface area contributed by atoms with Crippen molar-refractivity contribution < 1.29 is 4.79 Å². The van der Waals surface area contributed by atoms with Crippen molar-refractivity contribution in [2.75, 3.05) is 26.7 Å². The highest BCUT2D eigenvalue weighted by Gasteiger charge is 2.37. The fourth-order valence-electron chi connectivity index (χ4n) is 3.33. The SMILES string of the molecule is Cc1ccc(C2NCC(=O)N2C2CCCN(C)C2)cc1. The molecule has 1 aromatic rings. The summed E-state index contributed by atoms with van der Waals surface area (Å²) in [4.78, 5) is 16.7. The first kappa shape index (κ1) is 13.6. The molecule has 0 bridgehead atoms. The maximum Gasteiger partial charge on any atom is 0.238 e. The fourth-order valence-corrected chi connectivity index (χ4v) is 3.33. The summed E-state index contributed by atoms with van der Waals surface area (Å²) in [6.45, 7) is 4.67. The highest BCUT2D eigenvalue weighted by Crippen LogP contribution is 2.28. The number of carbonyl (C=O) groups excluding carboxylic acids is 1. The van der Waals surface area contributed by atoms with Crippen LogP contribution in [0, 0.1) is 6.92 Å². The van der Waals surface area contributed by atoms with Crippen LogP contribution in [-0.2, 0) is 4.79 Å². The van der Waals surface area contributed by atoms with Crippen LogP contribution in [0.1, 0.15) is 30.1 Å². The normalized spacial score (nSPS) is 28.1. The first-order valence-electron chi connectivity index (χ1n) is 7.45. The molecule has 108 valence electrons. The molecule has 2 aliphatic rings. The maximum atomic E-state index is 12.3. The molecular weight excluding hydrogens is 250 g/mol. The van der Waals surface area contributed by atoms with E-state index in [1.807, 2.05) is 0 Å². The topological polar surface area (TPSA) is 35.6 Å². The number of likely N-dealkylation sites (tertiary alicyclic amines) is 1. The highest BCUT2D eigenvalue weighted by atomic mass is 16.2. The quantitative estimate of drug-likeness (QED) is 0.887. The number of hydrogen-bond donors (Lipinski definition) is 1. The minimum atomic E-state index is 0.0413. The molecule has 0 saturated carbocycles. The molecule has 0 aromatic heterocycles. The summed E-state index contributed by atoms with van der Waals surface area (Å²) >= 11 is 0. The zero-order valence-electron chi connectivity index (χ0n) is 12.3. The van der Waals surface area contributed by atoms with Crippen molar-refractivity contribution in [1.82, 2.24) is 15.1 Å². The average Bonchev–Trinajstić information content (AvgIpc) is 2.81. The lowest BCUT2D eigenvalue weighted by atomic mass is 10.0. The van der Waals surface area contributed by atoms with Crippen molar-refractivity contribution in [2.24, 2.45) is 0 Å². The van der Waals surface area contributed by atoms with E-state index in [1.165, 1.54) is 17.5 Å². The molecule has 2 fully saturated rings. The summed E-state index contributed by atoms with van der Waals surface area (Å²) in [7, 11) is 2.14. The van der Waals surface area contributed by atoms with Crippen LogP contribution < -0.4 is 5.32 Å². The third kappa shape index (κ3) is 2.58. The number of hydrogen-bond acceptors (Lipinski definition) is 3. The second-order valence-corrected chi connectivity index (χ2v) is 6.05. The van der Waals surface area contributed by atoms with Gasteiger partial charge in [0.1, 0.15) is 6.17 Å². The molecule has 2 aliphatic heterocycles. The van der Waals surface area contributed by atoms with Gasteiger partial charge in [0.25, 0.3) is 0 Å². The second kappa shape index (κ2) is 5.54. The summed E-state index contributed by atoms with van der Waals surface area (Å²) in [6, 6.07) is 8.83. The lowest BCUT2D eigenvalue weighted by molar-refractivity contribution is -0.131. The van der Waals surface area contributed by atoms with Crippen molar-refractivity contribution in [3.63, 3.8) is 0 Å². The molecule has 0 radical (unpaired) electrons. The molecular formula is C16H23N3O. The average molecular weight is 273 g/mol. The zero-order chi connectivity index (χ0) is 14.1. The Morgan fingerprint density at radius 2 is 2.00 bits per heavy atom. The Hall–Kier alpha value is -1.39. The Bertz CT molecular complexity index is 485. The van der Waals surface area contributed by atoms with E-state index in [0.29, 0.717) is 12.6 Å². The van der Waals surface area contributed by atoms with Gasteiger partial charge in [-0.15, -0.1) is 0 Å². The first-order chi connectivity index (χ1) is 9.65. The number of nitrogens with one attached hydrogen (secondary N) is 1. The molecule has 2 saturated heterocycles. The summed E-state index contributed by atoms with van der Waals surface area (Å²) < 4.78 is 0.